The van der Waals surface area contributed by atoms with Crippen LogP contribution in [0.4, 0.5) is 0 Å². The van der Waals surface area contributed by atoms with Gasteiger partial charge in [0.05, 0.1) is 12.0 Å². The number of amides is 1. The lowest BCUT2D eigenvalue weighted by Crippen LogP contribution is -2.25. The Morgan fingerprint density at radius 1 is 1.20 bits per heavy atom. The molecule has 8 heteroatoms. The summed E-state index contributed by atoms with van der Waals surface area (Å²) in [7, 11) is 1.000. The van der Waals surface area contributed by atoms with Crippen LogP contribution in [0.5, 0.6) is 5.75 Å². The summed E-state index contributed by atoms with van der Waals surface area (Å²) in [5, 5.41) is 3.59. The number of nitrogens with zero attached hydrogens (tertiary/aromatic N) is 2. The largest absolute Gasteiger partial charge is 0.497 e. The van der Waals surface area contributed by atoms with Crippen molar-refractivity contribution in [3.05, 3.63) is 72.4 Å². The summed E-state index contributed by atoms with van der Waals surface area (Å²) >= 11 is 0. The highest BCUT2D eigenvalue weighted by atomic mass is 32.2. The summed E-state index contributed by atoms with van der Waals surface area (Å²) in [6.45, 7) is 4.53. The van der Waals surface area contributed by atoms with Gasteiger partial charge in [-0.05, 0) is 42.0 Å². The van der Waals surface area contributed by atoms with Gasteiger partial charge >= 0.3 is 0 Å². The lowest BCUT2D eigenvalue weighted by atomic mass is 10.2. The van der Waals surface area contributed by atoms with Crippen LogP contribution in [0.1, 0.15) is 16.1 Å². The van der Waals surface area contributed by atoms with E-state index in [1.54, 1.807) is 37.5 Å². The van der Waals surface area contributed by atoms with Crippen LogP contribution in [-0.4, -0.2) is 44.4 Å². The lowest BCUT2D eigenvalue weighted by molar-refractivity contribution is 0.0942. The first kappa shape index (κ1) is 21.6. The summed E-state index contributed by atoms with van der Waals surface area (Å²) in [5.41, 5.74) is 2.11. The summed E-state index contributed by atoms with van der Waals surface area (Å²) in [6, 6.07) is 14.0. The quantitative estimate of drug-likeness (QED) is 0.561. The number of nitrogens with one attached hydrogen (secondary N) is 1. The highest BCUT2D eigenvalue weighted by molar-refractivity contribution is 7.89. The number of sulfonamides is 1. The molecule has 1 aromatic heterocycles. The van der Waals surface area contributed by atoms with Gasteiger partial charge in [-0.3, -0.25) is 4.79 Å². The highest BCUT2D eigenvalue weighted by Gasteiger charge is 2.20. The molecule has 3 aromatic rings. The minimum atomic E-state index is -3.57. The fraction of sp³-hybridized carbons (Fsp3) is 0.227. The van der Waals surface area contributed by atoms with Gasteiger partial charge < -0.3 is 14.6 Å². The predicted octanol–water partition coefficient (Wildman–Crippen LogP) is 3.02. The van der Waals surface area contributed by atoms with Crippen molar-refractivity contribution in [1.29, 1.82) is 0 Å². The Kier molecular flexibility index (Phi) is 6.28. The van der Waals surface area contributed by atoms with Crippen LogP contribution in [0.15, 0.2) is 66.1 Å². The standard InChI is InChI=1S/C22H25N3O4S/c1-5-11-25-20-10-9-19(30(27,28)24(2)3)13-17(20)14-21(25)22(26)23-15-16-7-6-8-18(12-16)29-4/h5-10,12-14H,1,11,15H2,2-4H3,(H,23,26). The maximum Gasteiger partial charge on any atom is 0.268 e. The van der Waals surface area contributed by atoms with Gasteiger partial charge in [-0.2, -0.15) is 0 Å². The molecule has 1 N–H and O–H groups in total. The first-order valence-corrected chi connectivity index (χ1v) is 10.8. The number of allylic oxidation sites excluding steroid dienone is 1. The van der Waals surface area contributed by atoms with Gasteiger partial charge in [0, 0.05) is 38.1 Å². The Morgan fingerprint density at radius 2 is 1.97 bits per heavy atom. The van der Waals surface area contributed by atoms with Gasteiger partial charge in [0.15, 0.2) is 0 Å². The van der Waals surface area contributed by atoms with Crippen molar-refractivity contribution in [3.8, 4) is 5.75 Å². The third kappa shape index (κ3) is 4.24. The van der Waals surface area contributed by atoms with Crippen LogP contribution in [0.3, 0.4) is 0 Å². The summed E-state index contributed by atoms with van der Waals surface area (Å²) in [5.74, 6) is 0.463. The summed E-state index contributed by atoms with van der Waals surface area (Å²) in [4.78, 5) is 13.1. The van der Waals surface area contributed by atoms with Gasteiger partial charge in [0.2, 0.25) is 10.0 Å². The Labute approximate surface area is 176 Å². The van der Waals surface area contributed by atoms with E-state index in [1.807, 2.05) is 28.8 Å². The van der Waals surface area contributed by atoms with Crippen LogP contribution in [0, 0.1) is 0 Å². The number of carbonyl (C=O) groups excluding carboxylic acids is 1. The van der Waals surface area contributed by atoms with Crippen LogP contribution in [0.2, 0.25) is 0 Å². The van der Waals surface area contributed by atoms with Crippen LogP contribution in [0.25, 0.3) is 10.9 Å². The molecule has 0 aliphatic heterocycles. The SMILES string of the molecule is C=CCn1c(C(=O)NCc2cccc(OC)c2)cc2cc(S(=O)(=O)N(C)C)ccc21. The van der Waals surface area contributed by atoms with Crippen LogP contribution < -0.4 is 10.1 Å². The molecule has 0 atom stereocenters. The van der Waals surface area contributed by atoms with E-state index in [0.29, 0.717) is 24.2 Å². The maximum absolute atomic E-state index is 12.9. The molecule has 0 bridgehead atoms. The van der Waals surface area contributed by atoms with Crippen molar-refractivity contribution in [1.82, 2.24) is 14.2 Å². The molecule has 0 fully saturated rings. The number of benzene rings is 2. The monoisotopic (exact) mass is 427 g/mol. The van der Waals surface area contributed by atoms with Crippen LogP contribution >= 0.6 is 0 Å². The van der Waals surface area contributed by atoms with E-state index in [0.717, 1.165) is 21.1 Å². The van der Waals surface area contributed by atoms with Crippen molar-refractivity contribution in [2.24, 2.45) is 0 Å². The Morgan fingerprint density at radius 3 is 2.63 bits per heavy atom. The zero-order valence-corrected chi connectivity index (χ0v) is 18.1. The Balaban J connectivity index is 1.94. The van der Waals surface area contributed by atoms with Gasteiger partial charge in [0.1, 0.15) is 11.4 Å². The molecule has 0 saturated heterocycles. The molecule has 1 heterocycles. The molecule has 30 heavy (non-hydrogen) atoms. The topological polar surface area (TPSA) is 80.6 Å². The molecule has 3 rings (SSSR count). The summed E-state index contributed by atoms with van der Waals surface area (Å²) < 4.78 is 33.1. The number of aromatic nitrogens is 1. The Hall–Kier alpha value is -3.10. The molecule has 0 aliphatic rings. The van der Waals surface area contributed by atoms with E-state index in [4.69, 9.17) is 4.74 Å². The molecule has 0 radical (unpaired) electrons. The number of hydrogen-bond acceptors (Lipinski definition) is 4. The van der Waals surface area contributed by atoms with Crippen molar-refractivity contribution in [2.75, 3.05) is 21.2 Å². The second-order valence-corrected chi connectivity index (χ2v) is 9.12. The minimum Gasteiger partial charge on any atom is -0.497 e. The predicted molar refractivity (Wildman–Crippen MR) is 117 cm³/mol. The second kappa shape index (κ2) is 8.73. The second-order valence-electron chi connectivity index (χ2n) is 6.97. The molecular formula is C22H25N3O4S. The molecular weight excluding hydrogens is 402 g/mol. The zero-order chi connectivity index (χ0) is 21.9. The molecule has 0 spiro atoms. The van der Waals surface area contributed by atoms with E-state index < -0.39 is 10.0 Å². The fourth-order valence-corrected chi connectivity index (χ4v) is 4.13. The number of rotatable bonds is 8. The first-order valence-electron chi connectivity index (χ1n) is 9.35. The third-order valence-corrected chi connectivity index (χ3v) is 6.59. The van der Waals surface area contributed by atoms with Crippen LogP contribution in [-0.2, 0) is 23.1 Å². The fourth-order valence-electron chi connectivity index (χ4n) is 3.19. The average Bonchev–Trinajstić information content (AvgIpc) is 3.10. The molecule has 2 aromatic carbocycles. The van der Waals surface area contributed by atoms with Gasteiger partial charge in [-0.15, -0.1) is 6.58 Å². The molecule has 158 valence electrons. The average molecular weight is 428 g/mol. The molecule has 0 saturated carbocycles. The summed E-state index contributed by atoms with van der Waals surface area (Å²) in [6.07, 6.45) is 1.70. The van der Waals surface area contributed by atoms with E-state index in [2.05, 4.69) is 11.9 Å². The van der Waals surface area contributed by atoms with Crippen molar-refractivity contribution < 1.29 is 17.9 Å². The van der Waals surface area contributed by atoms with Crippen molar-refractivity contribution in [3.63, 3.8) is 0 Å². The molecule has 7 nitrogen and oxygen atoms in total. The van der Waals surface area contributed by atoms with Gasteiger partial charge in [-0.25, -0.2) is 12.7 Å². The first-order chi connectivity index (χ1) is 14.3. The molecule has 0 aliphatic carbocycles. The molecule has 0 unspecified atom stereocenters. The number of ether oxygens (including phenoxy) is 1. The Bertz CT molecular complexity index is 1200. The van der Waals surface area contributed by atoms with E-state index >= 15 is 0 Å². The number of fused-ring (bicyclic) bond motifs is 1. The number of hydrogen-bond donors (Lipinski definition) is 1. The van der Waals surface area contributed by atoms with E-state index in [9.17, 15) is 13.2 Å². The zero-order valence-electron chi connectivity index (χ0n) is 17.3. The normalized spacial score (nSPS) is 11.6. The number of carbonyl (C=O) groups is 1. The third-order valence-electron chi connectivity index (χ3n) is 4.78. The minimum absolute atomic E-state index is 0.180. The van der Waals surface area contributed by atoms with Gasteiger partial charge in [-0.1, -0.05) is 18.2 Å². The van der Waals surface area contributed by atoms with Gasteiger partial charge in [0.25, 0.3) is 5.91 Å². The highest BCUT2D eigenvalue weighted by Crippen LogP contribution is 2.25. The molecule has 1 amide bonds. The van der Waals surface area contributed by atoms with E-state index in [-0.39, 0.29) is 10.8 Å². The smallest absolute Gasteiger partial charge is 0.268 e. The maximum atomic E-state index is 12.9. The lowest BCUT2D eigenvalue weighted by Gasteiger charge is -2.12. The van der Waals surface area contributed by atoms with Crippen molar-refractivity contribution in [2.45, 2.75) is 18.0 Å². The number of methoxy groups -OCH3 is 1. The van der Waals surface area contributed by atoms with E-state index in [1.165, 1.54) is 14.1 Å². The van der Waals surface area contributed by atoms with Crippen molar-refractivity contribution >= 4 is 26.8 Å².